The Hall–Kier alpha value is -3.03. The molecule has 1 rings (SSSR count). The molecule has 0 saturated heterocycles. The molecule has 8 heteroatoms. The molecule has 0 aliphatic rings. The lowest BCUT2D eigenvalue weighted by Crippen LogP contribution is -2.20. The monoisotopic (exact) mass is 308 g/mol. The van der Waals surface area contributed by atoms with Crippen molar-refractivity contribution >= 4 is 23.5 Å². The third kappa shape index (κ3) is 4.23. The summed E-state index contributed by atoms with van der Waals surface area (Å²) in [7, 11) is 3.96. The molecule has 0 aliphatic carbocycles. The Balaban J connectivity index is 3.22. The highest BCUT2D eigenvalue weighted by molar-refractivity contribution is 6.06. The molecule has 0 spiro atoms. The predicted molar refractivity (Wildman–Crippen MR) is 73.7 cm³/mol. The van der Waals surface area contributed by atoms with Crippen LogP contribution in [0.1, 0.15) is 10.4 Å². The second kappa shape index (κ2) is 7.67. The average molecular weight is 308 g/mol. The minimum atomic E-state index is -1.52. The number of esters is 1. The highest BCUT2D eigenvalue weighted by atomic mass is 16.5. The summed E-state index contributed by atoms with van der Waals surface area (Å²) in [6.45, 7) is 0. The maximum Gasteiger partial charge on any atom is 0.340 e. The predicted octanol–water partition coefficient (Wildman–Crippen LogP) is -0.265. The lowest BCUT2D eigenvalue weighted by atomic mass is 10.1. The third-order valence-corrected chi connectivity index (χ3v) is 2.56. The number of anilines is 1. The van der Waals surface area contributed by atoms with Gasteiger partial charge in [-0.2, -0.15) is 0 Å². The van der Waals surface area contributed by atoms with Crippen LogP contribution >= 0.6 is 0 Å². The molecule has 8 nitrogen and oxygen atoms in total. The first-order valence-corrected chi connectivity index (χ1v) is 5.97. The molecule has 0 saturated carbocycles. The fourth-order valence-corrected chi connectivity index (χ4v) is 1.58. The number of ether oxygens (including phenoxy) is 3. The first kappa shape index (κ1) is 17.0. The summed E-state index contributed by atoms with van der Waals surface area (Å²) in [6, 6.07) is 2.69. The second-order valence-corrected chi connectivity index (χ2v) is 3.89. The number of nitrogens with one attached hydrogen (secondary N) is 1. The van der Waals surface area contributed by atoms with E-state index in [0.717, 1.165) is 6.08 Å². The van der Waals surface area contributed by atoms with Crippen LogP contribution in [0.4, 0.5) is 5.69 Å². The normalized spacial score (nSPS) is 10.1. The van der Waals surface area contributed by atoms with Crippen LogP contribution in [0.15, 0.2) is 24.3 Å². The van der Waals surface area contributed by atoms with E-state index in [9.17, 15) is 19.5 Å². The van der Waals surface area contributed by atoms with Crippen LogP contribution in [0.25, 0.3) is 0 Å². The van der Waals surface area contributed by atoms with Gasteiger partial charge in [0.25, 0.3) is 0 Å². The van der Waals surface area contributed by atoms with Crippen LogP contribution in [-0.2, 0) is 14.3 Å². The summed E-state index contributed by atoms with van der Waals surface area (Å²) >= 11 is 0. The van der Waals surface area contributed by atoms with Crippen LogP contribution in [0.3, 0.4) is 0 Å². The van der Waals surface area contributed by atoms with Gasteiger partial charge in [-0.1, -0.05) is 0 Å². The van der Waals surface area contributed by atoms with Gasteiger partial charge in [0.1, 0.15) is 0 Å². The smallest absolute Gasteiger partial charge is 0.340 e. The van der Waals surface area contributed by atoms with Crippen molar-refractivity contribution in [1.82, 2.24) is 0 Å². The largest absolute Gasteiger partial charge is 0.545 e. The van der Waals surface area contributed by atoms with Gasteiger partial charge in [-0.3, -0.25) is 4.79 Å². The van der Waals surface area contributed by atoms with Gasteiger partial charge in [0.2, 0.25) is 5.91 Å². The van der Waals surface area contributed by atoms with Crippen LogP contribution in [0.5, 0.6) is 11.5 Å². The van der Waals surface area contributed by atoms with E-state index in [0.29, 0.717) is 6.08 Å². The molecule has 1 N–H and O–H groups in total. The molecule has 1 amide bonds. The maximum atomic E-state index is 11.8. The molecular weight excluding hydrogens is 294 g/mol. The van der Waals surface area contributed by atoms with Crippen molar-refractivity contribution in [3.05, 3.63) is 29.8 Å². The minimum absolute atomic E-state index is 0.0235. The summed E-state index contributed by atoms with van der Waals surface area (Å²) in [5.74, 6) is -2.45. The molecule has 0 unspecified atom stereocenters. The quantitative estimate of drug-likeness (QED) is 0.568. The fraction of sp³-hybridized carbons (Fsp3) is 0.214. The second-order valence-electron chi connectivity index (χ2n) is 3.89. The molecule has 118 valence electrons. The van der Waals surface area contributed by atoms with E-state index < -0.39 is 17.8 Å². The van der Waals surface area contributed by atoms with E-state index in [1.807, 2.05) is 0 Å². The lowest BCUT2D eigenvalue weighted by Gasteiger charge is -2.14. The van der Waals surface area contributed by atoms with E-state index in [1.165, 1.54) is 33.5 Å². The Morgan fingerprint density at radius 2 is 1.64 bits per heavy atom. The number of aliphatic carboxylic acids is 1. The summed E-state index contributed by atoms with van der Waals surface area (Å²) in [6.07, 6.45) is 1.32. The van der Waals surface area contributed by atoms with E-state index in [-0.39, 0.29) is 22.7 Å². The molecule has 0 aliphatic heterocycles. The van der Waals surface area contributed by atoms with Gasteiger partial charge in [0.15, 0.2) is 11.5 Å². The van der Waals surface area contributed by atoms with Crippen molar-refractivity contribution in [2.45, 2.75) is 0 Å². The highest BCUT2D eigenvalue weighted by Crippen LogP contribution is 2.33. The van der Waals surface area contributed by atoms with Gasteiger partial charge in [0.05, 0.1) is 38.5 Å². The van der Waals surface area contributed by atoms with Gasteiger partial charge >= 0.3 is 5.97 Å². The van der Waals surface area contributed by atoms with Gasteiger partial charge in [0, 0.05) is 18.2 Å². The topological polar surface area (TPSA) is 114 Å². The van der Waals surface area contributed by atoms with Crippen molar-refractivity contribution in [1.29, 1.82) is 0 Å². The third-order valence-electron chi connectivity index (χ3n) is 2.56. The van der Waals surface area contributed by atoms with E-state index in [2.05, 4.69) is 10.1 Å². The molecule has 0 fully saturated rings. The molecule has 0 heterocycles. The van der Waals surface area contributed by atoms with Crippen LogP contribution < -0.4 is 19.9 Å². The van der Waals surface area contributed by atoms with Crippen molar-refractivity contribution in [2.75, 3.05) is 26.6 Å². The van der Waals surface area contributed by atoms with Crippen LogP contribution in [-0.4, -0.2) is 39.2 Å². The Bertz CT molecular complexity index is 622. The lowest BCUT2D eigenvalue weighted by molar-refractivity contribution is -0.297. The fourth-order valence-electron chi connectivity index (χ4n) is 1.58. The Morgan fingerprint density at radius 3 is 2.14 bits per heavy atom. The number of rotatable bonds is 6. The zero-order chi connectivity index (χ0) is 16.7. The number of carbonyl (C=O) groups excluding carboxylic acids is 3. The first-order valence-electron chi connectivity index (χ1n) is 5.97. The van der Waals surface area contributed by atoms with Gasteiger partial charge < -0.3 is 29.4 Å². The van der Waals surface area contributed by atoms with Gasteiger partial charge in [-0.25, -0.2) is 4.79 Å². The van der Waals surface area contributed by atoms with Gasteiger partial charge in [-0.15, -0.1) is 0 Å². The summed E-state index contributed by atoms with van der Waals surface area (Å²) in [4.78, 5) is 33.7. The van der Waals surface area contributed by atoms with Crippen molar-refractivity contribution in [3.63, 3.8) is 0 Å². The zero-order valence-electron chi connectivity index (χ0n) is 12.2. The number of benzene rings is 1. The number of amides is 1. The Morgan fingerprint density at radius 1 is 1.05 bits per heavy atom. The van der Waals surface area contributed by atoms with E-state index >= 15 is 0 Å². The van der Waals surface area contributed by atoms with Crippen molar-refractivity contribution in [2.24, 2.45) is 0 Å². The van der Waals surface area contributed by atoms with Crippen molar-refractivity contribution in [3.8, 4) is 11.5 Å². The molecule has 1 aromatic rings. The van der Waals surface area contributed by atoms with E-state index in [1.54, 1.807) is 0 Å². The number of carboxylic acid groups (broad SMARTS) is 1. The maximum absolute atomic E-state index is 11.8. The number of carboxylic acids is 1. The SMILES string of the molecule is COC(=O)c1cc(OC)c(OC)cc1NC(=O)C=CC(=O)[O-]. The number of hydrogen-bond donors (Lipinski definition) is 1. The Labute approximate surface area is 126 Å². The first-order chi connectivity index (χ1) is 10.4. The molecule has 1 aromatic carbocycles. The van der Waals surface area contributed by atoms with Gasteiger partial charge in [-0.05, 0) is 6.08 Å². The average Bonchev–Trinajstić information content (AvgIpc) is 2.51. The molecule has 22 heavy (non-hydrogen) atoms. The number of methoxy groups -OCH3 is 3. The number of carbonyl (C=O) groups is 3. The zero-order valence-corrected chi connectivity index (χ0v) is 12.2. The summed E-state index contributed by atoms with van der Waals surface area (Å²) in [5.41, 5.74) is 0.104. The van der Waals surface area contributed by atoms with E-state index in [4.69, 9.17) is 9.47 Å². The molecule has 0 atom stereocenters. The number of hydrogen-bond acceptors (Lipinski definition) is 7. The molecule has 0 aromatic heterocycles. The molecular formula is C14H14NO7-. The van der Waals surface area contributed by atoms with Crippen LogP contribution in [0, 0.1) is 0 Å². The van der Waals surface area contributed by atoms with Crippen LogP contribution in [0.2, 0.25) is 0 Å². The summed E-state index contributed by atoms with van der Waals surface area (Å²) < 4.78 is 14.8. The minimum Gasteiger partial charge on any atom is -0.545 e. The van der Waals surface area contributed by atoms with Crippen molar-refractivity contribution < 1.29 is 33.7 Å². The highest BCUT2D eigenvalue weighted by Gasteiger charge is 2.18. The summed E-state index contributed by atoms with van der Waals surface area (Å²) in [5, 5.41) is 12.6. The molecule has 0 bridgehead atoms. The standard InChI is InChI=1S/C14H15NO7/c1-20-10-6-8(14(19)22-3)9(7-11(10)21-2)15-12(16)4-5-13(17)18/h4-7H,1-3H3,(H,15,16)(H,17,18)/p-1. The Kier molecular flexibility index (Phi) is 5.94. The molecule has 0 radical (unpaired) electrons.